The van der Waals surface area contributed by atoms with E-state index < -0.39 is 0 Å². The molecule has 4 rings (SSSR count). The Labute approximate surface area is 177 Å². The molecule has 0 radical (unpaired) electrons. The zero-order chi connectivity index (χ0) is 20.8. The number of hydrogen-bond donors (Lipinski definition) is 1. The van der Waals surface area contributed by atoms with Gasteiger partial charge >= 0.3 is 0 Å². The van der Waals surface area contributed by atoms with Gasteiger partial charge in [-0.1, -0.05) is 6.07 Å². The molecule has 0 spiro atoms. The lowest BCUT2D eigenvalue weighted by Gasteiger charge is -2.15. The molecule has 1 N–H and O–H groups in total. The van der Waals surface area contributed by atoms with Crippen LogP contribution in [-0.4, -0.2) is 55.3 Å². The van der Waals surface area contributed by atoms with Crippen molar-refractivity contribution in [3.8, 4) is 5.75 Å². The second kappa shape index (κ2) is 9.78. The van der Waals surface area contributed by atoms with Crippen LogP contribution in [-0.2, 0) is 11.3 Å². The lowest BCUT2D eigenvalue weighted by Crippen LogP contribution is -2.25. The van der Waals surface area contributed by atoms with Crippen LogP contribution >= 0.6 is 0 Å². The Morgan fingerprint density at radius 1 is 1.00 bits per heavy atom. The third kappa shape index (κ3) is 4.83. The molecule has 1 fully saturated rings. The van der Waals surface area contributed by atoms with Gasteiger partial charge in [0, 0.05) is 48.5 Å². The first kappa shape index (κ1) is 20.4. The molecule has 0 bridgehead atoms. The highest BCUT2D eigenvalue weighted by atomic mass is 16.5. The highest BCUT2D eigenvalue weighted by molar-refractivity contribution is 6.12. The zero-order valence-corrected chi connectivity index (χ0v) is 17.5. The standard InChI is InChI=1S/C24H29N3O3/c1-29-17-16-27-14-11-21-22(5-4-6-23(21)27)24(28)25-19-7-9-20(10-8-19)30-18-15-26-12-2-3-13-26/h4-11,14H,2-3,12-13,15-18H2,1H3,(H,25,28). The molecule has 1 aromatic heterocycles. The molecule has 0 atom stereocenters. The van der Waals surface area contributed by atoms with Crippen molar-refractivity contribution in [1.82, 2.24) is 9.47 Å². The van der Waals surface area contributed by atoms with Gasteiger partial charge in [0.1, 0.15) is 12.4 Å². The molecule has 1 aliphatic rings. The van der Waals surface area contributed by atoms with Crippen molar-refractivity contribution in [3.63, 3.8) is 0 Å². The van der Waals surface area contributed by atoms with Gasteiger partial charge in [-0.25, -0.2) is 0 Å². The molecule has 6 nitrogen and oxygen atoms in total. The number of ether oxygens (including phenoxy) is 2. The maximum absolute atomic E-state index is 12.9. The fourth-order valence-electron chi connectivity index (χ4n) is 3.94. The minimum atomic E-state index is -0.118. The lowest BCUT2D eigenvalue weighted by molar-refractivity contribution is 0.102. The van der Waals surface area contributed by atoms with Crippen LogP contribution in [0.25, 0.3) is 10.9 Å². The Hall–Kier alpha value is -2.83. The quantitative estimate of drug-likeness (QED) is 0.582. The summed E-state index contributed by atoms with van der Waals surface area (Å²) in [4.78, 5) is 15.3. The number of benzene rings is 2. The van der Waals surface area contributed by atoms with Gasteiger partial charge in [-0.2, -0.15) is 0 Å². The summed E-state index contributed by atoms with van der Waals surface area (Å²) in [5, 5.41) is 3.93. The first-order valence-corrected chi connectivity index (χ1v) is 10.6. The topological polar surface area (TPSA) is 55.7 Å². The Bertz CT molecular complexity index is 975. The number of aromatic nitrogens is 1. The molecule has 1 amide bonds. The van der Waals surface area contributed by atoms with Crippen LogP contribution in [0.4, 0.5) is 5.69 Å². The summed E-state index contributed by atoms with van der Waals surface area (Å²) in [6.45, 7) is 5.39. The van der Waals surface area contributed by atoms with Crippen LogP contribution in [0, 0.1) is 0 Å². The van der Waals surface area contributed by atoms with Gasteiger partial charge in [0.2, 0.25) is 0 Å². The largest absolute Gasteiger partial charge is 0.492 e. The van der Waals surface area contributed by atoms with E-state index in [0.717, 1.165) is 35.4 Å². The number of carbonyl (C=O) groups excluding carboxylic acids is 1. The van der Waals surface area contributed by atoms with Crippen LogP contribution in [0.5, 0.6) is 5.75 Å². The molecule has 2 aromatic carbocycles. The fraction of sp³-hybridized carbons (Fsp3) is 0.375. The van der Waals surface area contributed by atoms with Crippen molar-refractivity contribution in [3.05, 3.63) is 60.3 Å². The van der Waals surface area contributed by atoms with Crippen molar-refractivity contribution in [2.45, 2.75) is 19.4 Å². The van der Waals surface area contributed by atoms with Gasteiger partial charge in [0.25, 0.3) is 5.91 Å². The summed E-state index contributed by atoms with van der Waals surface area (Å²) in [7, 11) is 1.69. The number of hydrogen-bond acceptors (Lipinski definition) is 4. The summed E-state index contributed by atoms with van der Waals surface area (Å²) >= 11 is 0. The third-order valence-corrected chi connectivity index (χ3v) is 5.58. The normalized spacial score (nSPS) is 14.3. The number of anilines is 1. The van der Waals surface area contributed by atoms with Crippen molar-refractivity contribution in [1.29, 1.82) is 0 Å². The zero-order valence-electron chi connectivity index (χ0n) is 17.5. The second-order valence-corrected chi connectivity index (χ2v) is 7.62. The molecular weight excluding hydrogens is 378 g/mol. The van der Waals surface area contributed by atoms with E-state index in [1.54, 1.807) is 7.11 Å². The highest BCUT2D eigenvalue weighted by Crippen LogP contribution is 2.22. The van der Waals surface area contributed by atoms with Gasteiger partial charge in [0.05, 0.1) is 6.61 Å². The average molecular weight is 408 g/mol. The lowest BCUT2D eigenvalue weighted by atomic mass is 10.1. The molecule has 1 saturated heterocycles. The molecule has 2 heterocycles. The number of nitrogens with zero attached hydrogens (tertiary/aromatic N) is 2. The van der Waals surface area contributed by atoms with Gasteiger partial charge < -0.3 is 19.4 Å². The minimum Gasteiger partial charge on any atom is -0.492 e. The highest BCUT2D eigenvalue weighted by Gasteiger charge is 2.13. The van der Waals surface area contributed by atoms with E-state index >= 15 is 0 Å². The minimum absolute atomic E-state index is 0.118. The Kier molecular flexibility index (Phi) is 6.67. The van der Waals surface area contributed by atoms with Crippen molar-refractivity contribution in [2.75, 3.05) is 45.3 Å². The number of likely N-dealkylation sites (tertiary alicyclic amines) is 1. The van der Waals surface area contributed by atoms with E-state index in [-0.39, 0.29) is 5.91 Å². The van der Waals surface area contributed by atoms with E-state index in [2.05, 4.69) is 14.8 Å². The van der Waals surface area contributed by atoms with Gasteiger partial charge in [-0.3, -0.25) is 9.69 Å². The van der Waals surface area contributed by atoms with Crippen LogP contribution in [0.3, 0.4) is 0 Å². The predicted molar refractivity (Wildman–Crippen MR) is 119 cm³/mol. The molecule has 1 aliphatic heterocycles. The molecular formula is C24H29N3O3. The van der Waals surface area contributed by atoms with Crippen LogP contribution < -0.4 is 10.1 Å². The van der Waals surface area contributed by atoms with Crippen molar-refractivity contribution < 1.29 is 14.3 Å². The molecule has 0 aliphatic carbocycles. The maximum Gasteiger partial charge on any atom is 0.256 e. The molecule has 6 heteroatoms. The maximum atomic E-state index is 12.9. The van der Waals surface area contributed by atoms with E-state index in [9.17, 15) is 4.79 Å². The number of fused-ring (bicyclic) bond motifs is 1. The number of carbonyl (C=O) groups is 1. The van der Waals surface area contributed by atoms with E-state index in [4.69, 9.17) is 9.47 Å². The monoisotopic (exact) mass is 407 g/mol. The van der Waals surface area contributed by atoms with E-state index in [1.807, 2.05) is 54.7 Å². The molecule has 30 heavy (non-hydrogen) atoms. The number of nitrogens with one attached hydrogen (secondary N) is 1. The fourth-order valence-corrected chi connectivity index (χ4v) is 3.94. The number of rotatable bonds is 9. The first-order valence-electron chi connectivity index (χ1n) is 10.6. The van der Waals surface area contributed by atoms with Crippen LogP contribution in [0.15, 0.2) is 54.7 Å². The smallest absolute Gasteiger partial charge is 0.256 e. The Balaban J connectivity index is 1.37. The van der Waals surface area contributed by atoms with Gasteiger partial charge in [-0.05, 0) is 68.4 Å². The summed E-state index contributed by atoms with van der Waals surface area (Å²) in [5.41, 5.74) is 2.44. The van der Waals surface area contributed by atoms with Crippen molar-refractivity contribution >= 4 is 22.5 Å². The average Bonchev–Trinajstić information content (AvgIpc) is 3.43. The molecule has 0 unspecified atom stereocenters. The van der Waals surface area contributed by atoms with Crippen molar-refractivity contribution in [2.24, 2.45) is 0 Å². The molecule has 0 saturated carbocycles. The number of methoxy groups -OCH3 is 1. The SMILES string of the molecule is COCCn1ccc2c(C(=O)Nc3ccc(OCCN4CCCC4)cc3)cccc21. The summed E-state index contributed by atoms with van der Waals surface area (Å²) in [6.07, 6.45) is 4.58. The molecule has 158 valence electrons. The summed E-state index contributed by atoms with van der Waals surface area (Å²) < 4.78 is 13.1. The summed E-state index contributed by atoms with van der Waals surface area (Å²) in [5.74, 6) is 0.706. The Morgan fingerprint density at radius 3 is 2.57 bits per heavy atom. The Morgan fingerprint density at radius 2 is 1.80 bits per heavy atom. The van der Waals surface area contributed by atoms with E-state index in [1.165, 1.54) is 25.9 Å². The van der Waals surface area contributed by atoms with Gasteiger partial charge in [-0.15, -0.1) is 0 Å². The van der Waals surface area contributed by atoms with Gasteiger partial charge in [0.15, 0.2) is 0 Å². The second-order valence-electron chi connectivity index (χ2n) is 7.62. The third-order valence-electron chi connectivity index (χ3n) is 5.58. The predicted octanol–water partition coefficient (Wildman–Crippen LogP) is 4.01. The number of amides is 1. The van der Waals surface area contributed by atoms with Crippen LogP contribution in [0.1, 0.15) is 23.2 Å². The van der Waals surface area contributed by atoms with E-state index in [0.29, 0.717) is 18.8 Å². The van der Waals surface area contributed by atoms with Crippen LogP contribution in [0.2, 0.25) is 0 Å². The molecule has 3 aromatic rings. The first-order chi connectivity index (χ1) is 14.7. The summed E-state index contributed by atoms with van der Waals surface area (Å²) in [6, 6.07) is 15.3.